The van der Waals surface area contributed by atoms with Crippen molar-refractivity contribution < 1.29 is 9.59 Å². The van der Waals surface area contributed by atoms with Crippen molar-refractivity contribution in [2.45, 2.75) is 39.7 Å². The van der Waals surface area contributed by atoms with Crippen LogP contribution in [0.3, 0.4) is 0 Å². The molecule has 0 aliphatic carbocycles. The zero-order valence-electron chi connectivity index (χ0n) is 17.0. The van der Waals surface area contributed by atoms with E-state index >= 15 is 0 Å². The fourth-order valence-corrected chi connectivity index (χ4v) is 3.36. The lowest BCUT2D eigenvalue weighted by atomic mass is 10.0. The quantitative estimate of drug-likeness (QED) is 0.495. The monoisotopic (exact) mass is 399 g/mol. The summed E-state index contributed by atoms with van der Waals surface area (Å²) in [5.74, 6) is 0.507. The molecule has 6 heteroatoms. The normalized spacial score (nSPS) is 12.3. The molecule has 2 aromatic carbocycles. The summed E-state index contributed by atoms with van der Waals surface area (Å²) in [6, 6.07) is 12.8. The Labute approximate surface area is 172 Å². The van der Waals surface area contributed by atoms with Crippen LogP contribution in [0.15, 0.2) is 42.5 Å². The second kappa shape index (κ2) is 9.64. The van der Waals surface area contributed by atoms with E-state index in [4.69, 9.17) is 12.2 Å². The van der Waals surface area contributed by atoms with Crippen LogP contribution in [0, 0.1) is 5.92 Å². The molecule has 0 radical (unpaired) electrons. The van der Waals surface area contributed by atoms with Crippen LogP contribution in [0.4, 0.5) is 10.5 Å². The molecule has 1 atom stereocenters. The molecule has 0 saturated carbocycles. The number of anilines is 1. The first kappa shape index (κ1) is 21.8. The lowest BCUT2D eigenvalue weighted by Gasteiger charge is -2.34. The minimum Gasteiger partial charge on any atom is -0.366 e. The third kappa shape index (κ3) is 5.52. The minimum absolute atomic E-state index is 0.454. The summed E-state index contributed by atoms with van der Waals surface area (Å²) in [7, 11) is 0. The number of imide groups is 1. The van der Waals surface area contributed by atoms with Crippen molar-refractivity contribution >= 4 is 46.6 Å². The van der Waals surface area contributed by atoms with Gasteiger partial charge in [0.1, 0.15) is 0 Å². The van der Waals surface area contributed by atoms with E-state index in [0.29, 0.717) is 24.6 Å². The van der Waals surface area contributed by atoms with Crippen molar-refractivity contribution in [3.63, 3.8) is 0 Å². The number of thiocarbonyl (C=S) groups is 1. The van der Waals surface area contributed by atoms with Gasteiger partial charge in [-0.25, -0.2) is 9.69 Å². The van der Waals surface area contributed by atoms with E-state index < -0.39 is 11.6 Å². The highest BCUT2D eigenvalue weighted by Gasteiger charge is 2.27. The third-order valence-corrected chi connectivity index (χ3v) is 5.08. The summed E-state index contributed by atoms with van der Waals surface area (Å²) in [6.45, 7) is 9.57. The Kier molecular flexibility index (Phi) is 7.52. The molecule has 0 aliphatic rings. The smallest absolute Gasteiger partial charge is 0.329 e. The molecule has 3 amide bonds. The highest BCUT2D eigenvalue weighted by molar-refractivity contribution is 7.78. The lowest BCUT2D eigenvalue weighted by molar-refractivity contribution is -0.106. The van der Waals surface area contributed by atoms with Crippen LogP contribution in [0.2, 0.25) is 0 Å². The highest BCUT2D eigenvalue weighted by Crippen LogP contribution is 2.26. The molecule has 0 aliphatic heterocycles. The van der Waals surface area contributed by atoms with Crippen molar-refractivity contribution in [1.82, 2.24) is 10.2 Å². The largest absolute Gasteiger partial charge is 0.366 e. The maximum atomic E-state index is 12.9. The maximum Gasteiger partial charge on any atom is 0.329 e. The molecule has 2 aromatic rings. The Morgan fingerprint density at radius 1 is 1.21 bits per heavy atom. The second-order valence-corrected chi connectivity index (χ2v) is 8.05. The number of hydrogen-bond acceptors (Lipinski definition) is 3. The minimum atomic E-state index is -0.564. The van der Waals surface area contributed by atoms with Crippen molar-refractivity contribution in [3.05, 3.63) is 42.5 Å². The van der Waals surface area contributed by atoms with E-state index in [2.05, 4.69) is 19.2 Å². The van der Waals surface area contributed by atoms with Crippen LogP contribution >= 0.6 is 12.2 Å². The van der Waals surface area contributed by atoms with Gasteiger partial charge in [0.25, 0.3) is 0 Å². The average Bonchev–Trinajstić information content (AvgIpc) is 2.67. The molecule has 5 nitrogen and oxygen atoms in total. The number of hydrogen-bond donors (Lipinski definition) is 1. The van der Waals surface area contributed by atoms with Gasteiger partial charge < -0.3 is 10.2 Å². The third-order valence-electron chi connectivity index (χ3n) is 4.79. The van der Waals surface area contributed by atoms with Gasteiger partial charge in [0, 0.05) is 18.5 Å². The topological polar surface area (TPSA) is 52.7 Å². The lowest BCUT2D eigenvalue weighted by Crippen LogP contribution is -2.55. The van der Waals surface area contributed by atoms with Gasteiger partial charge in [-0.2, -0.15) is 0 Å². The van der Waals surface area contributed by atoms with Crippen molar-refractivity contribution in [3.8, 4) is 0 Å². The summed E-state index contributed by atoms with van der Waals surface area (Å²) in [4.78, 5) is 27.8. The molecule has 0 saturated heterocycles. The van der Waals surface area contributed by atoms with E-state index in [0.717, 1.165) is 28.6 Å². The van der Waals surface area contributed by atoms with Gasteiger partial charge in [0.05, 0.1) is 16.7 Å². The first-order chi connectivity index (χ1) is 13.3. The van der Waals surface area contributed by atoms with E-state index in [1.165, 1.54) is 0 Å². The second-order valence-electron chi connectivity index (χ2n) is 7.84. The van der Waals surface area contributed by atoms with Crippen LogP contribution in [-0.4, -0.2) is 41.5 Å². The Bertz CT molecular complexity index is 832. The predicted octanol–water partition coefficient (Wildman–Crippen LogP) is 4.60. The Morgan fingerprint density at radius 2 is 1.89 bits per heavy atom. The van der Waals surface area contributed by atoms with Gasteiger partial charge in [-0.15, -0.1) is 0 Å². The molecule has 1 unspecified atom stereocenters. The number of benzene rings is 2. The van der Waals surface area contributed by atoms with Gasteiger partial charge in [-0.05, 0) is 31.2 Å². The fraction of sp³-hybridized carbons (Fsp3) is 0.409. The van der Waals surface area contributed by atoms with Crippen LogP contribution in [0.1, 0.15) is 34.1 Å². The molecule has 28 heavy (non-hydrogen) atoms. The number of nitrogens with one attached hydrogen (secondary N) is 1. The molecule has 0 bridgehead atoms. The number of fused-ring (bicyclic) bond motifs is 1. The van der Waals surface area contributed by atoms with Gasteiger partial charge >= 0.3 is 6.03 Å². The maximum absolute atomic E-state index is 12.9. The molecule has 2 rings (SSSR count). The van der Waals surface area contributed by atoms with Gasteiger partial charge in [0.2, 0.25) is 6.41 Å². The number of carbonyl (C=O) groups is 2. The van der Waals surface area contributed by atoms with Crippen LogP contribution in [0.5, 0.6) is 0 Å². The Balaban J connectivity index is 2.18. The molecule has 1 N–H and O–H groups in total. The first-order valence-electron chi connectivity index (χ1n) is 9.55. The molecule has 0 fully saturated rings. The summed E-state index contributed by atoms with van der Waals surface area (Å²) in [5.41, 5.74) is 1.64. The number of amides is 3. The standard InChI is InChI=1S/C22H29N3O2S/c1-5-17(2)13-24(16-28)14-22(3,4)23-21(27)25(15-26)20-12-8-10-18-9-6-7-11-19(18)20/h6-12,15-17H,5,13-14H2,1-4H3,(H,23,27). The van der Waals surface area contributed by atoms with E-state index in [9.17, 15) is 9.59 Å². The SMILES string of the molecule is CCC(C)CN(C=S)CC(C)(C)NC(=O)N(C=O)c1cccc2ccccc12. The van der Waals surface area contributed by atoms with Crippen molar-refractivity contribution in [2.24, 2.45) is 5.92 Å². The molecular weight excluding hydrogens is 370 g/mol. The Morgan fingerprint density at radius 3 is 2.54 bits per heavy atom. The molecule has 0 spiro atoms. The molecule has 0 heterocycles. The zero-order chi connectivity index (χ0) is 20.7. The zero-order valence-corrected chi connectivity index (χ0v) is 17.8. The van der Waals surface area contributed by atoms with E-state index in [1.807, 2.05) is 55.1 Å². The molecular formula is C22H29N3O2S. The van der Waals surface area contributed by atoms with Crippen LogP contribution in [0.25, 0.3) is 10.8 Å². The van der Waals surface area contributed by atoms with Crippen molar-refractivity contribution in [1.29, 1.82) is 0 Å². The summed E-state index contributed by atoms with van der Waals surface area (Å²) >= 11 is 5.15. The summed E-state index contributed by atoms with van der Waals surface area (Å²) in [5, 5.41) is 4.80. The number of rotatable bonds is 9. The molecule has 0 aromatic heterocycles. The summed E-state index contributed by atoms with van der Waals surface area (Å²) in [6.07, 6.45) is 1.62. The Hall–Kier alpha value is -2.47. The molecule has 150 valence electrons. The number of carbonyl (C=O) groups excluding carboxylic acids is 2. The fourth-order valence-electron chi connectivity index (χ4n) is 3.20. The first-order valence-corrected chi connectivity index (χ1v) is 10.0. The number of urea groups is 1. The number of nitrogens with zero attached hydrogens (tertiary/aromatic N) is 2. The van der Waals surface area contributed by atoms with Gasteiger partial charge in [-0.3, -0.25) is 4.79 Å². The van der Waals surface area contributed by atoms with Gasteiger partial charge in [-0.1, -0.05) is 68.9 Å². The van der Waals surface area contributed by atoms with Gasteiger partial charge in [0.15, 0.2) is 0 Å². The highest BCUT2D eigenvalue weighted by atomic mass is 32.1. The van der Waals surface area contributed by atoms with Crippen LogP contribution < -0.4 is 10.2 Å². The van der Waals surface area contributed by atoms with E-state index in [-0.39, 0.29) is 0 Å². The van der Waals surface area contributed by atoms with Crippen molar-refractivity contribution in [2.75, 3.05) is 18.0 Å². The predicted molar refractivity (Wildman–Crippen MR) is 120 cm³/mol. The average molecular weight is 400 g/mol. The summed E-state index contributed by atoms with van der Waals surface area (Å²) < 4.78 is 0. The van der Waals surface area contributed by atoms with Crippen LogP contribution in [-0.2, 0) is 4.79 Å². The van der Waals surface area contributed by atoms with E-state index in [1.54, 1.807) is 11.6 Å².